The van der Waals surface area contributed by atoms with E-state index in [-0.39, 0.29) is 0 Å². The van der Waals surface area contributed by atoms with Crippen molar-refractivity contribution in [2.75, 3.05) is 12.4 Å². The summed E-state index contributed by atoms with van der Waals surface area (Å²) in [6, 6.07) is 2.52. The van der Waals surface area contributed by atoms with Crippen LogP contribution >= 0.6 is 0 Å². The number of hydrogen-bond acceptors (Lipinski definition) is 3. The van der Waals surface area contributed by atoms with Gasteiger partial charge in [-0.1, -0.05) is 27.7 Å². The van der Waals surface area contributed by atoms with Gasteiger partial charge in [0.2, 0.25) is 0 Å². The van der Waals surface area contributed by atoms with Crippen LogP contribution < -0.4 is 10.1 Å². The second kappa shape index (κ2) is 3.62. The number of nitrogens with zero attached hydrogens (tertiary/aromatic N) is 1. The van der Waals surface area contributed by atoms with Crippen molar-refractivity contribution in [3.8, 4) is 5.75 Å². The maximum Gasteiger partial charge on any atom is 0.160 e. The molecule has 1 aromatic heterocycles. The van der Waals surface area contributed by atoms with Crippen molar-refractivity contribution in [3.63, 3.8) is 0 Å². The SMILES string of the molecule is COc1cnc(C)cc1NC1C(C)(C)C1(C)C. The van der Waals surface area contributed by atoms with Crippen LogP contribution in [0.5, 0.6) is 5.75 Å². The number of anilines is 1. The van der Waals surface area contributed by atoms with Crippen molar-refractivity contribution in [1.82, 2.24) is 4.98 Å². The lowest BCUT2D eigenvalue weighted by atomic mass is 10.0. The third-order valence-corrected chi connectivity index (χ3v) is 4.54. The Kier molecular flexibility index (Phi) is 2.60. The number of ether oxygens (including phenoxy) is 1. The average molecular weight is 234 g/mol. The molecular weight excluding hydrogens is 212 g/mol. The molecule has 0 radical (unpaired) electrons. The van der Waals surface area contributed by atoms with Gasteiger partial charge in [0.25, 0.3) is 0 Å². The number of methoxy groups -OCH3 is 1. The molecule has 0 bridgehead atoms. The zero-order valence-electron chi connectivity index (χ0n) is 11.6. The Morgan fingerprint density at radius 1 is 1.24 bits per heavy atom. The summed E-state index contributed by atoms with van der Waals surface area (Å²) >= 11 is 0. The minimum atomic E-state index is 0.315. The number of aryl methyl sites for hydroxylation is 1. The fraction of sp³-hybridized carbons (Fsp3) is 0.643. The first-order chi connectivity index (χ1) is 7.80. The van der Waals surface area contributed by atoms with E-state index in [4.69, 9.17) is 4.74 Å². The number of hydrogen-bond donors (Lipinski definition) is 1. The Hall–Kier alpha value is -1.25. The molecule has 1 heterocycles. The molecule has 1 fully saturated rings. The number of aromatic nitrogens is 1. The molecule has 94 valence electrons. The average Bonchev–Trinajstić information content (AvgIpc) is 2.61. The molecular formula is C14H22N2O. The summed E-state index contributed by atoms with van der Waals surface area (Å²) in [5.74, 6) is 0.814. The van der Waals surface area contributed by atoms with Gasteiger partial charge in [0.15, 0.2) is 5.75 Å². The lowest BCUT2D eigenvalue weighted by Gasteiger charge is -2.12. The minimum absolute atomic E-state index is 0.315. The largest absolute Gasteiger partial charge is 0.493 e. The lowest BCUT2D eigenvalue weighted by Crippen LogP contribution is -2.11. The van der Waals surface area contributed by atoms with E-state index >= 15 is 0 Å². The maximum absolute atomic E-state index is 5.34. The van der Waals surface area contributed by atoms with Gasteiger partial charge in [-0.25, -0.2) is 0 Å². The van der Waals surface area contributed by atoms with Gasteiger partial charge in [0, 0.05) is 11.7 Å². The van der Waals surface area contributed by atoms with E-state index in [1.165, 1.54) is 0 Å². The maximum atomic E-state index is 5.34. The fourth-order valence-electron chi connectivity index (χ4n) is 2.54. The Morgan fingerprint density at radius 2 is 1.82 bits per heavy atom. The number of nitrogens with one attached hydrogen (secondary N) is 1. The monoisotopic (exact) mass is 234 g/mol. The highest BCUT2D eigenvalue weighted by atomic mass is 16.5. The first-order valence-corrected chi connectivity index (χ1v) is 6.08. The summed E-state index contributed by atoms with van der Waals surface area (Å²) in [5, 5.41) is 3.59. The molecule has 1 aromatic rings. The van der Waals surface area contributed by atoms with Crippen LogP contribution in [0.25, 0.3) is 0 Å². The first-order valence-electron chi connectivity index (χ1n) is 6.08. The van der Waals surface area contributed by atoms with Crippen molar-refractivity contribution in [2.24, 2.45) is 10.8 Å². The van der Waals surface area contributed by atoms with Crippen LogP contribution in [0.1, 0.15) is 33.4 Å². The Balaban J connectivity index is 2.23. The molecule has 0 spiro atoms. The standard InChI is InChI=1S/C14H22N2O/c1-9-7-10(11(17-6)8-15-9)16-12-13(2,3)14(12,4)5/h7-8,12H,1-6H3,(H,15,16). The van der Waals surface area contributed by atoms with Crippen LogP contribution in [0.4, 0.5) is 5.69 Å². The molecule has 0 atom stereocenters. The summed E-state index contributed by atoms with van der Waals surface area (Å²) in [7, 11) is 1.68. The Morgan fingerprint density at radius 3 is 2.29 bits per heavy atom. The van der Waals surface area contributed by atoms with E-state index in [9.17, 15) is 0 Å². The van der Waals surface area contributed by atoms with Crippen LogP contribution in [-0.4, -0.2) is 18.1 Å². The van der Waals surface area contributed by atoms with Gasteiger partial charge in [-0.05, 0) is 23.8 Å². The van der Waals surface area contributed by atoms with Crippen molar-refractivity contribution in [2.45, 2.75) is 40.7 Å². The summed E-state index contributed by atoms with van der Waals surface area (Å²) < 4.78 is 5.34. The van der Waals surface area contributed by atoms with Gasteiger partial charge >= 0.3 is 0 Å². The molecule has 3 nitrogen and oxygen atoms in total. The van der Waals surface area contributed by atoms with Gasteiger partial charge in [-0.15, -0.1) is 0 Å². The van der Waals surface area contributed by atoms with Gasteiger partial charge in [-0.2, -0.15) is 0 Å². The van der Waals surface area contributed by atoms with E-state index < -0.39 is 0 Å². The molecule has 0 unspecified atom stereocenters. The molecule has 2 rings (SSSR count). The van der Waals surface area contributed by atoms with Crippen molar-refractivity contribution in [1.29, 1.82) is 0 Å². The lowest BCUT2D eigenvalue weighted by molar-refractivity contribution is 0.414. The zero-order valence-corrected chi connectivity index (χ0v) is 11.6. The molecule has 1 aliphatic carbocycles. The van der Waals surface area contributed by atoms with Crippen LogP contribution in [0.2, 0.25) is 0 Å². The predicted molar refractivity (Wildman–Crippen MR) is 70.5 cm³/mol. The third kappa shape index (κ3) is 1.78. The highest BCUT2D eigenvalue weighted by Gasteiger charge is 2.65. The normalized spacial score (nSPS) is 21.1. The fourth-order valence-corrected chi connectivity index (χ4v) is 2.54. The van der Waals surface area contributed by atoms with Crippen LogP contribution in [0, 0.1) is 17.8 Å². The van der Waals surface area contributed by atoms with Gasteiger partial charge in [0.1, 0.15) is 0 Å². The summed E-state index contributed by atoms with van der Waals surface area (Å²) in [4.78, 5) is 4.25. The van der Waals surface area contributed by atoms with Crippen LogP contribution in [0.3, 0.4) is 0 Å². The summed E-state index contributed by atoms with van der Waals surface area (Å²) in [5.41, 5.74) is 2.68. The second-order valence-electron chi connectivity index (χ2n) is 6.05. The molecule has 0 amide bonds. The third-order valence-electron chi connectivity index (χ3n) is 4.54. The minimum Gasteiger partial charge on any atom is -0.493 e. The molecule has 0 aliphatic heterocycles. The van der Waals surface area contributed by atoms with Gasteiger partial charge < -0.3 is 10.1 Å². The molecule has 1 saturated carbocycles. The van der Waals surface area contributed by atoms with Gasteiger partial charge in [-0.3, -0.25) is 4.98 Å². The second-order valence-corrected chi connectivity index (χ2v) is 6.05. The highest BCUT2D eigenvalue weighted by Crippen LogP contribution is 2.64. The van der Waals surface area contributed by atoms with Crippen LogP contribution in [-0.2, 0) is 0 Å². The van der Waals surface area contributed by atoms with E-state index in [0.717, 1.165) is 17.1 Å². The zero-order chi connectivity index (χ0) is 12.8. The Labute approximate surface area is 104 Å². The van der Waals surface area contributed by atoms with Crippen molar-refractivity contribution < 1.29 is 4.74 Å². The molecule has 1 aliphatic rings. The van der Waals surface area contributed by atoms with Gasteiger partial charge in [0.05, 0.1) is 19.0 Å². The van der Waals surface area contributed by atoms with Crippen molar-refractivity contribution >= 4 is 5.69 Å². The first kappa shape index (κ1) is 12.2. The topological polar surface area (TPSA) is 34.1 Å². The van der Waals surface area contributed by atoms with E-state index in [1.54, 1.807) is 13.3 Å². The Bertz CT molecular complexity index is 424. The number of pyridine rings is 1. The molecule has 0 aromatic carbocycles. The van der Waals surface area contributed by atoms with E-state index in [2.05, 4.69) is 38.0 Å². The van der Waals surface area contributed by atoms with Crippen LogP contribution in [0.15, 0.2) is 12.3 Å². The smallest absolute Gasteiger partial charge is 0.160 e. The highest BCUT2D eigenvalue weighted by molar-refractivity contribution is 5.58. The molecule has 1 N–H and O–H groups in total. The van der Waals surface area contributed by atoms with Crippen molar-refractivity contribution in [3.05, 3.63) is 18.0 Å². The summed E-state index contributed by atoms with van der Waals surface area (Å²) in [6.07, 6.45) is 1.78. The summed E-state index contributed by atoms with van der Waals surface area (Å²) in [6.45, 7) is 11.2. The van der Waals surface area contributed by atoms with E-state index in [0.29, 0.717) is 16.9 Å². The molecule has 0 saturated heterocycles. The van der Waals surface area contributed by atoms with E-state index in [1.807, 2.05) is 13.0 Å². The predicted octanol–water partition coefficient (Wildman–Crippen LogP) is 3.25. The molecule has 3 heteroatoms. The quantitative estimate of drug-likeness (QED) is 0.871. The molecule has 17 heavy (non-hydrogen) atoms. The number of rotatable bonds is 3.